The molecule has 1 saturated carbocycles. The van der Waals surface area contributed by atoms with Crippen LogP contribution < -0.4 is 5.32 Å². The van der Waals surface area contributed by atoms with Crippen molar-refractivity contribution in [3.8, 4) is 0 Å². The molecular formula is C19H30N2O5S2. The lowest BCUT2D eigenvalue weighted by atomic mass is 10.1. The SMILES string of the molecule is C[C@H](C(=O)NC1CCCCCC1)S(=O)(=O)Cc1cccc(S(=O)(=O)N(C)C)c1. The number of nitrogens with zero attached hydrogens (tertiary/aromatic N) is 1. The summed E-state index contributed by atoms with van der Waals surface area (Å²) >= 11 is 0. The highest BCUT2D eigenvalue weighted by atomic mass is 32.2. The van der Waals surface area contributed by atoms with E-state index in [1.165, 1.54) is 39.2 Å². The summed E-state index contributed by atoms with van der Waals surface area (Å²) in [6, 6.07) is 5.87. The molecule has 1 atom stereocenters. The third-order valence-corrected chi connectivity index (χ3v) is 8.99. The number of amides is 1. The lowest BCUT2D eigenvalue weighted by molar-refractivity contribution is -0.121. The minimum absolute atomic E-state index is 0.0285. The molecule has 0 heterocycles. The molecule has 0 saturated heterocycles. The van der Waals surface area contributed by atoms with Crippen LogP contribution in [-0.4, -0.2) is 52.4 Å². The van der Waals surface area contributed by atoms with Gasteiger partial charge in [-0.05, 0) is 37.5 Å². The summed E-state index contributed by atoms with van der Waals surface area (Å²) in [4.78, 5) is 12.5. The molecule has 1 aliphatic rings. The maximum absolute atomic E-state index is 12.7. The van der Waals surface area contributed by atoms with Crippen LogP contribution in [0.3, 0.4) is 0 Å². The zero-order valence-corrected chi connectivity index (χ0v) is 18.4. The number of nitrogens with one attached hydrogen (secondary N) is 1. The smallest absolute Gasteiger partial charge is 0.242 e. The second kappa shape index (κ2) is 9.37. The molecule has 1 N–H and O–H groups in total. The number of sulfone groups is 1. The highest BCUT2D eigenvalue weighted by Gasteiger charge is 2.30. The van der Waals surface area contributed by atoms with Gasteiger partial charge in [-0.2, -0.15) is 0 Å². The number of rotatable bonds is 7. The van der Waals surface area contributed by atoms with Gasteiger partial charge in [0, 0.05) is 20.1 Å². The Morgan fingerprint density at radius 3 is 2.29 bits per heavy atom. The van der Waals surface area contributed by atoms with E-state index in [-0.39, 0.29) is 16.7 Å². The highest BCUT2D eigenvalue weighted by molar-refractivity contribution is 7.92. The van der Waals surface area contributed by atoms with Gasteiger partial charge in [-0.25, -0.2) is 21.1 Å². The van der Waals surface area contributed by atoms with Crippen molar-refractivity contribution in [2.24, 2.45) is 0 Å². The molecule has 1 aliphatic carbocycles. The third-order valence-electron chi connectivity index (χ3n) is 5.15. The Morgan fingerprint density at radius 1 is 1.11 bits per heavy atom. The van der Waals surface area contributed by atoms with E-state index in [0.29, 0.717) is 5.56 Å². The van der Waals surface area contributed by atoms with Crippen LogP contribution in [0.5, 0.6) is 0 Å². The molecule has 0 spiro atoms. The highest BCUT2D eigenvalue weighted by Crippen LogP contribution is 2.20. The Hall–Kier alpha value is -1.45. The minimum Gasteiger partial charge on any atom is -0.352 e. The summed E-state index contributed by atoms with van der Waals surface area (Å²) in [7, 11) is -4.60. The van der Waals surface area contributed by atoms with E-state index in [0.717, 1.165) is 42.8 Å². The van der Waals surface area contributed by atoms with Gasteiger partial charge < -0.3 is 5.32 Å². The normalized spacial score (nSPS) is 17.9. The lowest BCUT2D eigenvalue weighted by Crippen LogP contribution is -2.43. The van der Waals surface area contributed by atoms with Gasteiger partial charge in [0.15, 0.2) is 9.84 Å². The summed E-state index contributed by atoms with van der Waals surface area (Å²) in [5.41, 5.74) is 0.344. The van der Waals surface area contributed by atoms with E-state index < -0.39 is 31.0 Å². The summed E-state index contributed by atoms with van der Waals surface area (Å²) in [5, 5.41) is 1.69. The van der Waals surface area contributed by atoms with Crippen molar-refractivity contribution < 1.29 is 21.6 Å². The van der Waals surface area contributed by atoms with Crippen molar-refractivity contribution in [3.63, 3.8) is 0 Å². The minimum atomic E-state index is -3.78. The average Bonchev–Trinajstić information content (AvgIpc) is 2.89. The molecule has 0 aliphatic heterocycles. The van der Waals surface area contributed by atoms with E-state index in [4.69, 9.17) is 0 Å². The first-order chi connectivity index (χ1) is 13.0. The molecule has 0 unspecified atom stereocenters. The number of benzene rings is 1. The maximum atomic E-state index is 12.7. The van der Waals surface area contributed by atoms with E-state index in [2.05, 4.69) is 5.32 Å². The van der Waals surface area contributed by atoms with E-state index in [9.17, 15) is 21.6 Å². The van der Waals surface area contributed by atoms with Gasteiger partial charge in [-0.1, -0.05) is 37.8 Å². The van der Waals surface area contributed by atoms with Gasteiger partial charge in [-0.15, -0.1) is 0 Å². The van der Waals surface area contributed by atoms with Crippen molar-refractivity contribution in [2.75, 3.05) is 14.1 Å². The third kappa shape index (κ3) is 5.78. The molecule has 1 aromatic carbocycles. The van der Waals surface area contributed by atoms with Crippen LogP contribution in [0.2, 0.25) is 0 Å². The Bertz CT molecular complexity index is 887. The van der Waals surface area contributed by atoms with Crippen molar-refractivity contribution in [2.45, 2.75) is 67.4 Å². The van der Waals surface area contributed by atoms with E-state index in [1.54, 1.807) is 6.07 Å². The van der Waals surface area contributed by atoms with Crippen molar-refractivity contribution in [1.29, 1.82) is 0 Å². The largest absolute Gasteiger partial charge is 0.352 e. The molecule has 9 heteroatoms. The first-order valence-electron chi connectivity index (χ1n) is 9.57. The van der Waals surface area contributed by atoms with Crippen molar-refractivity contribution in [1.82, 2.24) is 9.62 Å². The summed E-state index contributed by atoms with van der Waals surface area (Å²) in [6.07, 6.45) is 6.13. The predicted octanol–water partition coefficient (Wildman–Crippen LogP) is 2.08. The van der Waals surface area contributed by atoms with E-state index in [1.807, 2.05) is 0 Å². The van der Waals surface area contributed by atoms with Gasteiger partial charge in [0.2, 0.25) is 15.9 Å². The molecule has 0 radical (unpaired) electrons. The lowest BCUT2D eigenvalue weighted by Gasteiger charge is -2.20. The number of hydrogen-bond acceptors (Lipinski definition) is 5. The van der Waals surface area contributed by atoms with Crippen LogP contribution in [0, 0.1) is 0 Å². The van der Waals surface area contributed by atoms with Crippen LogP contribution in [-0.2, 0) is 30.4 Å². The van der Waals surface area contributed by atoms with Gasteiger partial charge >= 0.3 is 0 Å². The van der Waals surface area contributed by atoms with Gasteiger partial charge in [0.25, 0.3) is 0 Å². The number of carbonyl (C=O) groups excluding carboxylic acids is 1. The zero-order valence-electron chi connectivity index (χ0n) is 16.7. The van der Waals surface area contributed by atoms with Crippen LogP contribution in [0.4, 0.5) is 0 Å². The average molecular weight is 431 g/mol. The molecule has 158 valence electrons. The maximum Gasteiger partial charge on any atom is 0.242 e. The van der Waals surface area contributed by atoms with E-state index >= 15 is 0 Å². The molecule has 0 aromatic heterocycles. The van der Waals surface area contributed by atoms with Gasteiger partial charge in [-0.3, -0.25) is 4.79 Å². The first kappa shape index (κ1) is 22.8. The molecule has 7 nitrogen and oxygen atoms in total. The van der Waals surface area contributed by atoms with Crippen LogP contribution >= 0.6 is 0 Å². The molecule has 2 rings (SSSR count). The molecular weight excluding hydrogens is 400 g/mol. The van der Waals surface area contributed by atoms with Crippen LogP contribution in [0.1, 0.15) is 51.0 Å². The Morgan fingerprint density at radius 2 is 1.71 bits per heavy atom. The molecule has 1 aromatic rings. The zero-order chi connectivity index (χ0) is 20.9. The molecule has 1 amide bonds. The molecule has 1 fully saturated rings. The summed E-state index contributed by atoms with van der Waals surface area (Å²) < 4.78 is 51.0. The Kier molecular flexibility index (Phi) is 7.64. The summed E-state index contributed by atoms with van der Waals surface area (Å²) in [5.74, 6) is -0.868. The number of carbonyl (C=O) groups is 1. The van der Waals surface area contributed by atoms with Gasteiger partial charge in [0.05, 0.1) is 10.6 Å². The fourth-order valence-electron chi connectivity index (χ4n) is 3.27. The fourth-order valence-corrected chi connectivity index (χ4v) is 5.53. The topological polar surface area (TPSA) is 101 Å². The fraction of sp³-hybridized carbons (Fsp3) is 0.632. The van der Waals surface area contributed by atoms with Crippen LogP contribution in [0.25, 0.3) is 0 Å². The predicted molar refractivity (Wildman–Crippen MR) is 109 cm³/mol. The summed E-state index contributed by atoms with van der Waals surface area (Å²) in [6.45, 7) is 1.39. The van der Waals surface area contributed by atoms with Gasteiger partial charge in [0.1, 0.15) is 5.25 Å². The number of sulfonamides is 1. The second-order valence-corrected chi connectivity index (χ2v) is 12.1. The Labute approximate surface area is 168 Å². The Balaban J connectivity index is 2.11. The van der Waals surface area contributed by atoms with Crippen LogP contribution in [0.15, 0.2) is 29.2 Å². The number of hydrogen-bond donors (Lipinski definition) is 1. The first-order valence-corrected chi connectivity index (χ1v) is 12.7. The quantitative estimate of drug-likeness (QED) is 0.668. The standard InChI is InChI=1S/C19H30N2O5S2/c1-15(19(22)20-17-10-6-4-5-7-11-17)27(23,24)14-16-9-8-12-18(13-16)28(25,26)21(2)3/h8-9,12-13,15,17H,4-7,10-11,14H2,1-3H3,(H,20,22)/t15-/m1/s1. The van der Waals surface area contributed by atoms with Crippen molar-refractivity contribution >= 4 is 25.8 Å². The molecule has 0 bridgehead atoms. The second-order valence-electron chi connectivity index (χ2n) is 7.58. The molecule has 28 heavy (non-hydrogen) atoms. The monoisotopic (exact) mass is 430 g/mol. The van der Waals surface area contributed by atoms with Crippen molar-refractivity contribution in [3.05, 3.63) is 29.8 Å².